The molecule has 1 aromatic carbocycles. The molecule has 0 unspecified atom stereocenters. The topological polar surface area (TPSA) is 52.3 Å². The summed E-state index contributed by atoms with van der Waals surface area (Å²) < 4.78 is 31.5. The number of aryl methyl sites for hydroxylation is 1. The Kier molecular flexibility index (Phi) is 3.53. The largest absolute Gasteiger partial charge is 0.465 e. The number of carbonyl (C=O) groups excluding carboxylic acids is 1. The fourth-order valence-corrected chi connectivity index (χ4v) is 2.65. The molecule has 6 heteroatoms. The molecule has 0 fully saturated rings. The van der Waals surface area contributed by atoms with Crippen LogP contribution in [0.3, 0.4) is 0 Å². The van der Waals surface area contributed by atoms with Crippen molar-refractivity contribution >= 4 is 23.0 Å². The Morgan fingerprint density at radius 1 is 1.26 bits per heavy atom. The highest BCUT2D eigenvalue weighted by Gasteiger charge is 2.18. The molecule has 0 saturated heterocycles. The number of halogens is 2. The number of nitrogen functional groups attached to an aromatic ring is 1. The third kappa shape index (κ3) is 2.44. The van der Waals surface area contributed by atoms with Crippen LogP contribution in [-0.2, 0) is 4.74 Å². The fourth-order valence-electron chi connectivity index (χ4n) is 1.64. The van der Waals surface area contributed by atoms with Gasteiger partial charge in [-0.15, -0.1) is 11.3 Å². The molecule has 19 heavy (non-hydrogen) atoms. The second kappa shape index (κ2) is 4.97. The van der Waals surface area contributed by atoms with Crippen molar-refractivity contribution in [1.29, 1.82) is 0 Å². The molecule has 100 valence electrons. The van der Waals surface area contributed by atoms with E-state index in [0.29, 0.717) is 10.4 Å². The van der Waals surface area contributed by atoms with Crippen LogP contribution in [0.5, 0.6) is 0 Å². The maximum Gasteiger partial charge on any atom is 0.350 e. The maximum absolute atomic E-state index is 13.7. The molecule has 2 rings (SSSR count). The molecule has 1 heterocycles. The number of nitrogens with two attached hydrogens (primary N) is 1. The average Bonchev–Trinajstić information content (AvgIpc) is 2.75. The Labute approximate surface area is 112 Å². The second-order valence-electron chi connectivity index (χ2n) is 3.97. The maximum atomic E-state index is 13.7. The number of esters is 1. The molecule has 0 bridgehead atoms. The third-order valence-electron chi connectivity index (χ3n) is 2.65. The Bertz CT molecular complexity index is 652. The Morgan fingerprint density at radius 2 is 1.95 bits per heavy atom. The summed E-state index contributed by atoms with van der Waals surface area (Å²) in [6.07, 6.45) is 0. The summed E-state index contributed by atoms with van der Waals surface area (Å²) in [6.45, 7) is 1.54. The van der Waals surface area contributed by atoms with E-state index in [2.05, 4.69) is 4.74 Å². The van der Waals surface area contributed by atoms with Crippen LogP contribution in [0.2, 0.25) is 0 Å². The van der Waals surface area contributed by atoms with Gasteiger partial charge in [0.05, 0.1) is 12.8 Å². The quantitative estimate of drug-likeness (QED) is 0.860. The average molecular weight is 283 g/mol. The fraction of sp³-hybridized carbons (Fsp3) is 0.154. The van der Waals surface area contributed by atoms with Crippen LogP contribution in [0.4, 0.5) is 14.5 Å². The van der Waals surface area contributed by atoms with Crippen molar-refractivity contribution in [2.45, 2.75) is 6.92 Å². The van der Waals surface area contributed by atoms with Crippen molar-refractivity contribution in [3.63, 3.8) is 0 Å². The standard InChI is InChI=1S/C13H11F2NO2S/c1-6-3-7(9(15)4-8(6)14)11-5-10(16)12(19-11)13(17)18-2/h3-5H,16H2,1-2H3. The highest BCUT2D eigenvalue weighted by Crippen LogP contribution is 2.35. The number of thiophene rings is 1. The monoisotopic (exact) mass is 283 g/mol. The first-order chi connectivity index (χ1) is 8.93. The molecule has 0 aliphatic carbocycles. The van der Waals surface area contributed by atoms with Gasteiger partial charge < -0.3 is 10.5 Å². The summed E-state index contributed by atoms with van der Waals surface area (Å²) in [7, 11) is 1.24. The minimum atomic E-state index is -0.694. The van der Waals surface area contributed by atoms with E-state index < -0.39 is 17.6 Å². The van der Waals surface area contributed by atoms with Crippen molar-refractivity contribution in [3.05, 3.63) is 40.3 Å². The van der Waals surface area contributed by atoms with Crippen LogP contribution in [-0.4, -0.2) is 13.1 Å². The zero-order valence-corrected chi connectivity index (χ0v) is 11.1. The Balaban J connectivity index is 2.54. The number of anilines is 1. The first-order valence-corrected chi connectivity index (χ1v) is 6.19. The molecule has 1 aromatic heterocycles. The molecule has 3 nitrogen and oxygen atoms in total. The van der Waals surface area contributed by atoms with E-state index in [9.17, 15) is 13.6 Å². The van der Waals surface area contributed by atoms with Gasteiger partial charge in [-0.1, -0.05) is 0 Å². The van der Waals surface area contributed by atoms with Crippen LogP contribution >= 0.6 is 11.3 Å². The third-order valence-corrected chi connectivity index (χ3v) is 3.81. The SMILES string of the molecule is COC(=O)c1sc(-c2cc(C)c(F)cc2F)cc1N. The van der Waals surface area contributed by atoms with Crippen molar-refractivity contribution in [3.8, 4) is 10.4 Å². The molecule has 0 spiro atoms. The Morgan fingerprint density at radius 3 is 2.58 bits per heavy atom. The summed E-state index contributed by atoms with van der Waals surface area (Å²) in [5.74, 6) is -1.88. The number of rotatable bonds is 2. The molecule has 2 N–H and O–H groups in total. The number of ether oxygens (including phenoxy) is 1. The number of hydrogen-bond donors (Lipinski definition) is 1. The van der Waals surface area contributed by atoms with Gasteiger partial charge in [0, 0.05) is 16.5 Å². The van der Waals surface area contributed by atoms with Gasteiger partial charge in [0.1, 0.15) is 16.5 Å². The van der Waals surface area contributed by atoms with Gasteiger partial charge in [-0.2, -0.15) is 0 Å². The molecule has 0 radical (unpaired) electrons. The lowest BCUT2D eigenvalue weighted by molar-refractivity contribution is 0.0607. The van der Waals surface area contributed by atoms with Crippen molar-refractivity contribution < 1.29 is 18.3 Å². The number of methoxy groups -OCH3 is 1. The first kappa shape index (κ1) is 13.5. The summed E-state index contributed by atoms with van der Waals surface area (Å²) in [4.78, 5) is 12.1. The number of carbonyl (C=O) groups is 1. The van der Waals surface area contributed by atoms with Crippen molar-refractivity contribution in [2.75, 3.05) is 12.8 Å². The minimum absolute atomic E-state index is 0.207. The van der Waals surface area contributed by atoms with E-state index in [1.54, 1.807) is 0 Å². The molecule has 0 atom stereocenters. The van der Waals surface area contributed by atoms with E-state index >= 15 is 0 Å². The lowest BCUT2D eigenvalue weighted by atomic mass is 10.1. The summed E-state index contributed by atoms with van der Waals surface area (Å²) in [5.41, 5.74) is 6.44. The first-order valence-electron chi connectivity index (χ1n) is 5.37. The van der Waals surface area contributed by atoms with Gasteiger partial charge in [0.15, 0.2) is 0 Å². The van der Waals surface area contributed by atoms with E-state index in [-0.39, 0.29) is 16.1 Å². The molecule has 0 saturated carbocycles. The lowest BCUT2D eigenvalue weighted by Crippen LogP contribution is -2.00. The molecular weight excluding hydrogens is 272 g/mol. The number of hydrogen-bond acceptors (Lipinski definition) is 4. The van der Waals surface area contributed by atoms with Crippen LogP contribution in [0.25, 0.3) is 10.4 Å². The highest BCUT2D eigenvalue weighted by atomic mass is 32.1. The van der Waals surface area contributed by atoms with Crippen LogP contribution in [0.1, 0.15) is 15.2 Å². The van der Waals surface area contributed by atoms with E-state index in [0.717, 1.165) is 17.4 Å². The van der Waals surface area contributed by atoms with Gasteiger partial charge in [-0.05, 0) is 24.6 Å². The normalized spacial score (nSPS) is 10.5. The Hall–Kier alpha value is -1.95. The van der Waals surface area contributed by atoms with Gasteiger partial charge in [0.2, 0.25) is 0 Å². The summed E-state index contributed by atoms with van der Waals surface area (Å²) >= 11 is 1.01. The van der Waals surface area contributed by atoms with Gasteiger partial charge >= 0.3 is 5.97 Å². The van der Waals surface area contributed by atoms with E-state index in [1.165, 1.54) is 26.2 Å². The molecular formula is C13H11F2NO2S. The van der Waals surface area contributed by atoms with Gasteiger partial charge in [-0.3, -0.25) is 0 Å². The zero-order chi connectivity index (χ0) is 14.2. The highest BCUT2D eigenvalue weighted by molar-refractivity contribution is 7.18. The van der Waals surface area contributed by atoms with Crippen LogP contribution < -0.4 is 5.73 Å². The lowest BCUT2D eigenvalue weighted by Gasteiger charge is -2.03. The number of benzene rings is 1. The summed E-state index contributed by atoms with van der Waals surface area (Å²) in [5, 5.41) is 0. The van der Waals surface area contributed by atoms with E-state index in [1.807, 2.05) is 0 Å². The van der Waals surface area contributed by atoms with Crippen LogP contribution in [0.15, 0.2) is 18.2 Å². The smallest absolute Gasteiger partial charge is 0.350 e. The summed E-state index contributed by atoms with van der Waals surface area (Å²) in [6, 6.07) is 3.68. The predicted octanol–water partition coefficient (Wildman–Crippen LogP) is 3.37. The van der Waals surface area contributed by atoms with Gasteiger partial charge in [0.25, 0.3) is 0 Å². The zero-order valence-electron chi connectivity index (χ0n) is 10.3. The molecule has 0 aliphatic heterocycles. The van der Waals surface area contributed by atoms with Crippen molar-refractivity contribution in [2.24, 2.45) is 0 Å². The molecule has 2 aromatic rings. The second-order valence-corrected chi connectivity index (χ2v) is 5.02. The minimum Gasteiger partial charge on any atom is -0.465 e. The molecule has 0 amide bonds. The predicted molar refractivity (Wildman–Crippen MR) is 70.2 cm³/mol. The van der Waals surface area contributed by atoms with E-state index in [4.69, 9.17) is 5.73 Å². The van der Waals surface area contributed by atoms with Gasteiger partial charge in [-0.25, -0.2) is 13.6 Å². The molecule has 0 aliphatic rings. The van der Waals surface area contributed by atoms with Crippen molar-refractivity contribution in [1.82, 2.24) is 0 Å². The van der Waals surface area contributed by atoms with Crippen LogP contribution in [0, 0.1) is 18.6 Å².